The monoisotopic (exact) mass is 157 g/mol. The zero-order valence-electron chi connectivity index (χ0n) is 4.54. The van der Waals surface area contributed by atoms with Crippen LogP contribution in [0, 0.1) is 0 Å². The molecule has 0 bridgehead atoms. The molecule has 0 aliphatic heterocycles. The third-order valence-electron chi connectivity index (χ3n) is 0.864. The Labute approximate surface area is 63.7 Å². The molecule has 0 atom stereocenters. The van der Waals surface area contributed by atoms with Crippen molar-refractivity contribution in [3.8, 4) is 0 Å². The van der Waals surface area contributed by atoms with Crippen LogP contribution in [0.3, 0.4) is 0 Å². The van der Waals surface area contributed by atoms with Crippen LogP contribution in [-0.4, -0.2) is 10.4 Å². The average Bonchev–Trinajstić information content (AvgIpc) is 1.88. The van der Waals surface area contributed by atoms with Crippen LogP contribution < -0.4 is 0 Å². The Kier molecular flexibility index (Phi) is 2.14. The summed E-state index contributed by atoms with van der Waals surface area (Å²) in [6.07, 6.45) is 1.63. The fourth-order valence-electron chi connectivity index (χ4n) is 0.486. The molecule has 0 N–H and O–H groups in total. The minimum atomic E-state index is 0.668. The van der Waals surface area contributed by atoms with E-state index >= 15 is 0 Å². The first-order valence-electron chi connectivity index (χ1n) is 2.39. The highest BCUT2D eigenvalue weighted by Crippen LogP contribution is 2.05. The van der Waals surface area contributed by atoms with Gasteiger partial charge in [-0.1, -0.05) is 23.8 Å². The van der Waals surface area contributed by atoms with Crippen molar-refractivity contribution < 1.29 is 0 Å². The van der Waals surface area contributed by atoms with Crippen molar-refractivity contribution in [2.24, 2.45) is 0 Å². The van der Waals surface area contributed by atoms with Crippen LogP contribution >= 0.6 is 23.8 Å². The first kappa shape index (κ1) is 6.65. The van der Waals surface area contributed by atoms with Gasteiger partial charge in [0.1, 0.15) is 0 Å². The van der Waals surface area contributed by atoms with Crippen LogP contribution in [0.15, 0.2) is 18.3 Å². The Morgan fingerprint density at radius 2 is 2.44 bits per heavy atom. The second-order valence-electron chi connectivity index (χ2n) is 1.52. The molecule has 0 unspecified atom stereocenters. The highest BCUT2D eigenvalue weighted by atomic mass is 35.5. The molecule has 1 aromatic heterocycles. The molecule has 1 heterocycles. The van der Waals surface area contributed by atoms with Gasteiger partial charge in [-0.2, -0.15) is 0 Å². The summed E-state index contributed by atoms with van der Waals surface area (Å²) in [4.78, 5) is 3.91. The number of halogens is 1. The van der Waals surface area contributed by atoms with E-state index in [2.05, 4.69) is 17.2 Å². The van der Waals surface area contributed by atoms with Crippen molar-refractivity contribution >= 4 is 29.2 Å². The molecule has 1 rings (SSSR count). The van der Waals surface area contributed by atoms with Crippen molar-refractivity contribution in [2.75, 3.05) is 0 Å². The molecule has 0 saturated heterocycles. The third-order valence-corrected chi connectivity index (χ3v) is 1.34. The van der Waals surface area contributed by atoms with Gasteiger partial charge in [0.2, 0.25) is 0 Å². The Balaban J connectivity index is 3.07. The number of nitrogens with zero attached hydrogens (tertiary/aromatic N) is 1. The molecule has 0 aliphatic carbocycles. The van der Waals surface area contributed by atoms with Gasteiger partial charge in [-0.25, -0.2) is 0 Å². The molecule has 0 aliphatic rings. The van der Waals surface area contributed by atoms with Crippen molar-refractivity contribution in [1.82, 2.24) is 4.98 Å². The van der Waals surface area contributed by atoms with Gasteiger partial charge in [0.25, 0.3) is 0 Å². The summed E-state index contributed by atoms with van der Waals surface area (Å²) in [6.45, 7) is 0. The normalized spacial score (nSPS) is 9.00. The molecule has 0 saturated carbocycles. The average molecular weight is 158 g/mol. The van der Waals surface area contributed by atoms with Crippen molar-refractivity contribution in [3.63, 3.8) is 0 Å². The van der Waals surface area contributed by atoms with Crippen molar-refractivity contribution in [2.45, 2.75) is 0 Å². The molecule has 0 aromatic carbocycles. The van der Waals surface area contributed by atoms with Gasteiger partial charge in [-0.3, -0.25) is 4.98 Å². The molecule has 1 aromatic rings. The standard InChI is InChI=1S/C6H4ClNS/c7-5-1-2-8-6(3-5)4-9/h1-4H. The molecule has 0 spiro atoms. The van der Waals surface area contributed by atoms with E-state index in [0.717, 1.165) is 5.69 Å². The minimum Gasteiger partial charge on any atom is -0.256 e. The fraction of sp³-hybridized carbons (Fsp3) is 0. The molecule has 1 nitrogen and oxygen atoms in total. The van der Waals surface area contributed by atoms with Gasteiger partial charge in [-0.05, 0) is 12.1 Å². The molecule has 0 fully saturated rings. The van der Waals surface area contributed by atoms with E-state index in [1.165, 1.54) is 5.37 Å². The maximum Gasteiger partial charge on any atom is 0.0751 e. The lowest BCUT2D eigenvalue weighted by Gasteiger charge is -1.88. The zero-order valence-corrected chi connectivity index (χ0v) is 6.12. The number of hydrogen-bond donors (Lipinski definition) is 0. The van der Waals surface area contributed by atoms with Crippen LogP contribution in [-0.2, 0) is 0 Å². The van der Waals surface area contributed by atoms with E-state index in [1.54, 1.807) is 18.3 Å². The van der Waals surface area contributed by atoms with Gasteiger partial charge in [-0.15, -0.1) is 0 Å². The lowest BCUT2D eigenvalue weighted by atomic mass is 10.4. The highest BCUT2D eigenvalue weighted by molar-refractivity contribution is 7.79. The Morgan fingerprint density at radius 3 is 2.89 bits per heavy atom. The molecular formula is C6H4ClNS. The number of hydrogen-bond acceptors (Lipinski definition) is 2. The first-order valence-corrected chi connectivity index (χ1v) is 3.24. The SMILES string of the molecule is S=Cc1cc(Cl)ccn1. The first-order chi connectivity index (χ1) is 4.33. The number of thiocarbonyl (C=S) groups is 1. The summed E-state index contributed by atoms with van der Waals surface area (Å²) in [5, 5.41) is 2.16. The molecule has 46 valence electrons. The summed E-state index contributed by atoms with van der Waals surface area (Å²) >= 11 is 10.2. The maximum atomic E-state index is 5.62. The minimum absolute atomic E-state index is 0.668. The van der Waals surface area contributed by atoms with Crippen LogP contribution in [0.25, 0.3) is 0 Å². The van der Waals surface area contributed by atoms with Gasteiger partial charge in [0.05, 0.1) is 5.69 Å². The zero-order chi connectivity index (χ0) is 6.69. The molecule has 0 amide bonds. The fourth-order valence-corrected chi connectivity index (χ4v) is 0.783. The lowest BCUT2D eigenvalue weighted by molar-refractivity contribution is 1.31. The quantitative estimate of drug-likeness (QED) is 0.579. The van der Waals surface area contributed by atoms with Crippen molar-refractivity contribution in [3.05, 3.63) is 29.0 Å². The molecule has 9 heavy (non-hydrogen) atoms. The number of pyridine rings is 1. The molecule has 3 heteroatoms. The van der Waals surface area contributed by atoms with Crippen molar-refractivity contribution in [1.29, 1.82) is 0 Å². The largest absolute Gasteiger partial charge is 0.256 e. The van der Waals surface area contributed by atoms with Gasteiger partial charge in [0, 0.05) is 16.6 Å². The van der Waals surface area contributed by atoms with E-state index < -0.39 is 0 Å². The molecular weight excluding hydrogens is 154 g/mol. The summed E-state index contributed by atoms with van der Waals surface area (Å²) < 4.78 is 0. The Hall–Kier alpha value is -0.470. The number of rotatable bonds is 1. The van der Waals surface area contributed by atoms with Crippen LogP contribution in [0.1, 0.15) is 5.69 Å². The second-order valence-corrected chi connectivity index (χ2v) is 2.19. The van der Waals surface area contributed by atoms with E-state index in [4.69, 9.17) is 11.6 Å². The predicted octanol–water partition coefficient (Wildman–Crippen LogP) is 2.08. The lowest BCUT2D eigenvalue weighted by Crippen LogP contribution is -1.81. The van der Waals surface area contributed by atoms with Crippen LogP contribution in [0.2, 0.25) is 5.02 Å². The second kappa shape index (κ2) is 2.90. The van der Waals surface area contributed by atoms with Gasteiger partial charge >= 0.3 is 0 Å². The summed E-state index contributed by atoms with van der Waals surface area (Å²) in [5.41, 5.74) is 0.734. The third kappa shape index (κ3) is 1.73. The van der Waals surface area contributed by atoms with Crippen LogP contribution in [0.4, 0.5) is 0 Å². The summed E-state index contributed by atoms with van der Waals surface area (Å²) in [6, 6.07) is 3.43. The van der Waals surface area contributed by atoms with Gasteiger partial charge in [0.15, 0.2) is 0 Å². The Bertz CT molecular complexity index is 224. The van der Waals surface area contributed by atoms with E-state index in [0.29, 0.717) is 5.02 Å². The Morgan fingerprint density at radius 1 is 1.67 bits per heavy atom. The van der Waals surface area contributed by atoms with E-state index in [9.17, 15) is 0 Å². The molecule has 0 radical (unpaired) electrons. The van der Waals surface area contributed by atoms with E-state index in [1.807, 2.05) is 0 Å². The van der Waals surface area contributed by atoms with Crippen LogP contribution in [0.5, 0.6) is 0 Å². The number of aromatic nitrogens is 1. The smallest absolute Gasteiger partial charge is 0.0751 e. The predicted molar refractivity (Wildman–Crippen MR) is 42.0 cm³/mol. The summed E-state index contributed by atoms with van der Waals surface area (Å²) in [7, 11) is 0. The highest BCUT2D eigenvalue weighted by Gasteiger charge is 1.87. The van der Waals surface area contributed by atoms with E-state index in [-0.39, 0.29) is 0 Å². The topological polar surface area (TPSA) is 12.9 Å². The van der Waals surface area contributed by atoms with Gasteiger partial charge < -0.3 is 0 Å². The summed E-state index contributed by atoms with van der Waals surface area (Å²) in [5.74, 6) is 0. The maximum absolute atomic E-state index is 5.62.